The van der Waals surface area contributed by atoms with Crippen molar-refractivity contribution in [2.75, 3.05) is 26.2 Å². The Bertz CT molecular complexity index is 1130. The van der Waals surface area contributed by atoms with Crippen LogP contribution in [0.1, 0.15) is 52.5 Å². The summed E-state index contributed by atoms with van der Waals surface area (Å²) in [6, 6.07) is 8.62. The van der Waals surface area contributed by atoms with Crippen molar-refractivity contribution in [1.29, 1.82) is 0 Å². The maximum absolute atomic E-state index is 14.6. The number of unbranched alkanes of at least 4 members (excludes halogenated alkanes) is 1. The molecule has 7 atom stereocenters. The van der Waals surface area contributed by atoms with Gasteiger partial charge in [0.05, 0.1) is 29.2 Å². The number of nitrogens with zero attached hydrogens (tertiary/aromatic N) is 3. The van der Waals surface area contributed by atoms with Crippen LogP contribution in [-0.2, 0) is 20.9 Å². The molecule has 1 N–H and O–H groups in total. The summed E-state index contributed by atoms with van der Waals surface area (Å²) < 4.78 is -0.723. The Morgan fingerprint density at radius 3 is 2.39 bits per heavy atom. The third-order valence-electron chi connectivity index (χ3n) is 9.34. The number of amides is 3. The average Bonchev–Trinajstić information content (AvgIpc) is 3.55. The van der Waals surface area contributed by atoms with Crippen molar-refractivity contribution in [3.05, 3.63) is 61.2 Å². The minimum absolute atomic E-state index is 0.0397. The SMILES string of the molecule is C=CCN(CCCC)C(=O)C1N([C@@H](CO)C(C)C)C(=O)[C@@H]2[C@@H](C(=O)N(CC=C)Cc3ccccc3)[C@H]3CC(C)C12S3. The van der Waals surface area contributed by atoms with E-state index >= 15 is 0 Å². The highest BCUT2D eigenvalue weighted by molar-refractivity contribution is 8.02. The highest BCUT2D eigenvalue weighted by Crippen LogP contribution is 2.69. The number of aliphatic hydroxyl groups excluding tert-OH is 1. The van der Waals surface area contributed by atoms with Crippen molar-refractivity contribution in [2.24, 2.45) is 23.7 Å². The molecule has 3 saturated heterocycles. The van der Waals surface area contributed by atoms with Crippen molar-refractivity contribution in [2.45, 2.75) is 75.6 Å². The molecule has 2 bridgehead atoms. The lowest BCUT2D eigenvalue weighted by Gasteiger charge is -2.43. The largest absolute Gasteiger partial charge is 0.394 e. The molecular weight excluding hydrogens is 534 g/mol. The monoisotopic (exact) mass is 581 g/mol. The van der Waals surface area contributed by atoms with Crippen molar-refractivity contribution in [3.63, 3.8) is 0 Å². The quantitative estimate of drug-likeness (QED) is 0.330. The molecule has 224 valence electrons. The van der Waals surface area contributed by atoms with E-state index in [9.17, 15) is 19.5 Å². The highest BCUT2D eigenvalue weighted by atomic mass is 32.2. The zero-order valence-corrected chi connectivity index (χ0v) is 25.9. The molecule has 3 unspecified atom stereocenters. The van der Waals surface area contributed by atoms with E-state index < -0.39 is 28.7 Å². The summed E-state index contributed by atoms with van der Waals surface area (Å²) in [7, 11) is 0. The minimum Gasteiger partial charge on any atom is -0.394 e. The van der Waals surface area contributed by atoms with E-state index in [1.54, 1.807) is 33.7 Å². The fourth-order valence-electron chi connectivity index (χ4n) is 7.37. The second kappa shape index (κ2) is 13.2. The van der Waals surface area contributed by atoms with Crippen LogP contribution in [0, 0.1) is 23.7 Å². The smallest absolute Gasteiger partial charge is 0.247 e. The van der Waals surface area contributed by atoms with Gasteiger partial charge in [-0.1, -0.05) is 76.6 Å². The van der Waals surface area contributed by atoms with Gasteiger partial charge in [0, 0.05) is 31.4 Å². The van der Waals surface area contributed by atoms with Crippen LogP contribution in [-0.4, -0.2) is 85.8 Å². The molecule has 1 aromatic rings. The second-order valence-corrected chi connectivity index (χ2v) is 13.8. The minimum atomic E-state index is -0.735. The molecular formula is C33H47N3O4S. The molecule has 0 aliphatic carbocycles. The molecule has 0 aromatic heterocycles. The number of hydrogen-bond acceptors (Lipinski definition) is 5. The fraction of sp³-hybridized carbons (Fsp3) is 0.606. The number of likely N-dealkylation sites (tertiary alicyclic amines) is 1. The lowest BCUT2D eigenvalue weighted by Crippen LogP contribution is -2.60. The summed E-state index contributed by atoms with van der Waals surface area (Å²) >= 11 is 1.69. The Morgan fingerprint density at radius 2 is 1.80 bits per heavy atom. The molecule has 3 aliphatic heterocycles. The summed E-state index contributed by atoms with van der Waals surface area (Å²) in [5.41, 5.74) is 1.02. The molecule has 3 heterocycles. The van der Waals surface area contributed by atoms with Crippen LogP contribution < -0.4 is 0 Å². The first kappa shape index (κ1) is 31.4. The number of benzene rings is 1. The molecule has 1 spiro atoms. The van der Waals surface area contributed by atoms with E-state index in [0.29, 0.717) is 26.2 Å². The van der Waals surface area contributed by atoms with Crippen molar-refractivity contribution < 1.29 is 19.5 Å². The zero-order chi connectivity index (χ0) is 29.9. The summed E-state index contributed by atoms with van der Waals surface area (Å²) in [5, 5.41) is 10.5. The van der Waals surface area contributed by atoms with Gasteiger partial charge in [0.1, 0.15) is 6.04 Å². The predicted molar refractivity (Wildman–Crippen MR) is 165 cm³/mol. The first-order valence-electron chi connectivity index (χ1n) is 15.1. The topological polar surface area (TPSA) is 81.2 Å². The Hall–Kier alpha value is -2.58. The number of hydrogen-bond donors (Lipinski definition) is 1. The van der Waals surface area contributed by atoms with E-state index in [0.717, 1.165) is 24.8 Å². The van der Waals surface area contributed by atoms with Crippen LogP contribution >= 0.6 is 11.8 Å². The van der Waals surface area contributed by atoms with Gasteiger partial charge in [-0.3, -0.25) is 14.4 Å². The van der Waals surface area contributed by atoms with Gasteiger partial charge in [-0.15, -0.1) is 24.9 Å². The van der Waals surface area contributed by atoms with E-state index in [4.69, 9.17) is 0 Å². The van der Waals surface area contributed by atoms with Crippen LogP contribution in [0.15, 0.2) is 55.6 Å². The summed E-state index contributed by atoms with van der Waals surface area (Å²) in [5.74, 6) is -1.43. The van der Waals surface area contributed by atoms with Crippen molar-refractivity contribution in [1.82, 2.24) is 14.7 Å². The molecule has 7 nitrogen and oxygen atoms in total. The second-order valence-electron chi connectivity index (χ2n) is 12.2. The first-order chi connectivity index (χ1) is 19.7. The Labute approximate surface area is 250 Å². The molecule has 3 fully saturated rings. The van der Waals surface area contributed by atoms with E-state index in [1.807, 2.05) is 49.1 Å². The van der Waals surface area contributed by atoms with Crippen LogP contribution in [0.3, 0.4) is 0 Å². The van der Waals surface area contributed by atoms with Crippen LogP contribution in [0.5, 0.6) is 0 Å². The zero-order valence-electron chi connectivity index (χ0n) is 25.1. The van der Waals surface area contributed by atoms with Crippen LogP contribution in [0.4, 0.5) is 0 Å². The van der Waals surface area contributed by atoms with Gasteiger partial charge in [0.2, 0.25) is 17.7 Å². The summed E-state index contributed by atoms with van der Waals surface area (Å²) in [4.78, 5) is 48.9. The molecule has 0 radical (unpaired) electrons. The maximum atomic E-state index is 14.6. The third kappa shape index (κ3) is 5.50. The van der Waals surface area contributed by atoms with Crippen molar-refractivity contribution in [3.8, 4) is 0 Å². The third-order valence-corrected chi connectivity index (χ3v) is 11.4. The molecule has 41 heavy (non-hydrogen) atoms. The molecule has 4 rings (SSSR count). The number of rotatable bonds is 14. The Kier molecular flexibility index (Phi) is 10.1. The maximum Gasteiger partial charge on any atom is 0.247 e. The first-order valence-corrected chi connectivity index (χ1v) is 16.0. The normalized spacial score (nSPS) is 29.0. The van der Waals surface area contributed by atoms with Crippen LogP contribution in [0.2, 0.25) is 0 Å². The molecule has 8 heteroatoms. The fourth-order valence-corrected chi connectivity index (χ4v) is 9.77. The molecule has 3 amide bonds. The number of fused-ring (bicyclic) bond motifs is 1. The van der Waals surface area contributed by atoms with Gasteiger partial charge in [-0.05, 0) is 30.2 Å². The molecule has 3 aliphatic rings. The van der Waals surface area contributed by atoms with Gasteiger partial charge in [-0.25, -0.2) is 0 Å². The standard InChI is InChI=1S/C33H47N3O4S/c1-7-10-18-34(16-8-2)32(40)29-33-23(6)19-26(41-33)27(28(33)31(39)36(29)25(21-37)22(4)5)30(38)35(17-9-3)20-24-14-12-11-13-15-24/h8-9,11-15,22-23,25-29,37H,2-3,7,10,16-21H2,1,4-6H3/t23?,25-,26+,27-,28-,29?,33?/m0/s1. The van der Waals surface area contributed by atoms with E-state index in [-0.39, 0.29) is 41.4 Å². The van der Waals surface area contributed by atoms with Crippen molar-refractivity contribution >= 4 is 29.5 Å². The average molecular weight is 582 g/mol. The lowest BCUT2D eigenvalue weighted by atomic mass is 9.65. The molecule has 1 aromatic carbocycles. The van der Waals surface area contributed by atoms with E-state index in [1.165, 1.54) is 0 Å². The van der Waals surface area contributed by atoms with E-state index in [2.05, 4.69) is 27.0 Å². The van der Waals surface area contributed by atoms with Gasteiger partial charge in [0.25, 0.3) is 0 Å². The molecule has 0 saturated carbocycles. The van der Waals surface area contributed by atoms with Gasteiger partial charge >= 0.3 is 0 Å². The van der Waals surface area contributed by atoms with Crippen LogP contribution in [0.25, 0.3) is 0 Å². The van der Waals surface area contributed by atoms with Gasteiger partial charge < -0.3 is 19.8 Å². The number of carbonyl (C=O) groups is 3. The number of carbonyl (C=O) groups excluding carboxylic acids is 3. The summed E-state index contributed by atoms with van der Waals surface area (Å²) in [6.45, 7) is 17.5. The summed E-state index contributed by atoms with van der Waals surface area (Å²) in [6.07, 6.45) is 6.04. The number of aliphatic hydroxyl groups is 1. The predicted octanol–water partition coefficient (Wildman–Crippen LogP) is 4.37. The lowest BCUT2D eigenvalue weighted by molar-refractivity contribution is -0.148. The van der Waals surface area contributed by atoms with Gasteiger partial charge in [0.15, 0.2) is 0 Å². The highest BCUT2D eigenvalue weighted by Gasteiger charge is 2.77. The Balaban J connectivity index is 1.78. The Morgan fingerprint density at radius 1 is 1.15 bits per heavy atom. The number of thioether (sulfide) groups is 1. The van der Waals surface area contributed by atoms with Gasteiger partial charge in [-0.2, -0.15) is 0 Å².